The molecule has 0 aromatic heterocycles. The molecule has 0 nitrogen and oxygen atoms in total. The third kappa shape index (κ3) is 12.1. The van der Waals surface area contributed by atoms with Crippen LogP contribution < -0.4 is 0 Å². The highest BCUT2D eigenvalue weighted by atomic mass is 35.5. The van der Waals surface area contributed by atoms with E-state index in [0.717, 1.165) is 28.6 Å². The second kappa shape index (κ2) is 14.5. The molecular formula is C14H29Cl3Si. The number of unbranched alkanes of at least 4 members (excludes halogenated alkanes) is 8. The average Bonchev–Trinajstić information content (AvgIpc) is 2.39. The molecule has 0 N–H and O–H groups in total. The molecule has 2 unspecified atom stereocenters. The molecule has 18 heavy (non-hydrogen) atoms. The van der Waals surface area contributed by atoms with Crippen LogP contribution in [0.25, 0.3) is 0 Å². The summed E-state index contributed by atoms with van der Waals surface area (Å²) in [6.07, 6.45) is 13.0. The number of rotatable bonds is 13. The van der Waals surface area contributed by atoms with Crippen molar-refractivity contribution in [1.29, 1.82) is 0 Å². The molecule has 0 radical (unpaired) electrons. The summed E-state index contributed by atoms with van der Waals surface area (Å²) in [7, 11) is 1.16. The van der Waals surface area contributed by atoms with Gasteiger partial charge in [-0.15, -0.1) is 34.8 Å². The van der Waals surface area contributed by atoms with Crippen molar-refractivity contribution in [2.75, 3.05) is 5.88 Å². The van der Waals surface area contributed by atoms with Crippen molar-refractivity contribution in [3.05, 3.63) is 0 Å². The Morgan fingerprint density at radius 3 is 1.56 bits per heavy atom. The second-order valence-corrected chi connectivity index (χ2v) is 7.42. The maximum Gasteiger partial charge on any atom is 0.0496 e. The van der Waals surface area contributed by atoms with Crippen molar-refractivity contribution >= 4 is 45.0 Å². The van der Waals surface area contributed by atoms with Gasteiger partial charge in [0, 0.05) is 26.9 Å². The van der Waals surface area contributed by atoms with Crippen LogP contribution in [0.2, 0.25) is 6.04 Å². The molecule has 4 heteroatoms. The largest absolute Gasteiger partial charge is 0.127 e. The monoisotopic (exact) mass is 330 g/mol. The molecule has 0 amide bonds. The molecule has 0 saturated heterocycles. The predicted octanol–water partition coefficient (Wildman–Crippen LogP) is 5.12. The van der Waals surface area contributed by atoms with Crippen molar-refractivity contribution in [2.45, 2.75) is 81.0 Å². The summed E-state index contributed by atoms with van der Waals surface area (Å²) in [5.41, 5.74) is 0. The molecule has 0 fully saturated rings. The summed E-state index contributed by atoms with van der Waals surface area (Å²) in [6.45, 7) is 0. The van der Waals surface area contributed by atoms with E-state index >= 15 is 0 Å². The molecular weight excluding hydrogens is 303 g/mol. The zero-order valence-electron chi connectivity index (χ0n) is 11.8. The fourth-order valence-electron chi connectivity index (χ4n) is 2.11. The Bertz CT molecular complexity index is 167. The van der Waals surface area contributed by atoms with Gasteiger partial charge in [-0.2, -0.15) is 0 Å². The topological polar surface area (TPSA) is 0 Å². The van der Waals surface area contributed by atoms with Gasteiger partial charge < -0.3 is 0 Å². The molecule has 0 spiro atoms. The zero-order chi connectivity index (χ0) is 13.6. The lowest BCUT2D eigenvalue weighted by Crippen LogP contribution is -2.14. The van der Waals surface area contributed by atoms with Crippen molar-refractivity contribution in [3.63, 3.8) is 0 Å². The maximum atomic E-state index is 6.22. The van der Waals surface area contributed by atoms with Gasteiger partial charge in [-0.25, -0.2) is 0 Å². The Morgan fingerprint density at radius 1 is 0.667 bits per heavy atom. The van der Waals surface area contributed by atoms with Crippen molar-refractivity contribution < 1.29 is 0 Å². The van der Waals surface area contributed by atoms with Crippen molar-refractivity contribution in [1.82, 2.24) is 0 Å². The van der Waals surface area contributed by atoms with E-state index in [9.17, 15) is 0 Å². The van der Waals surface area contributed by atoms with E-state index in [1.807, 2.05) is 0 Å². The Hall–Kier alpha value is 1.09. The van der Waals surface area contributed by atoms with Gasteiger partial charge in [0.15, 0.2) is 0 Å². The van der Waals surface area contributed by atoms with Crippen LogP contribution in [-0.4, -0.2) is 26.9 Å². The zero-order valence-corrected chi connectivity index (χ0v) is 16.0. The minimum absolute atomic E-state index is 0.194. The summed E-state index contributed by atoms with van der Waals surface area (Å²) in [5.74, 6) is 0.821. The van der Waals surface area contributed by atoms with E-state index in [4.69, 9.17) is 34.8 Å². The molecule has 0 rings (SSSR count). The Labute approximate surface area is 132 Å². The highest BCUT2D eigenvalue weighted by Crippen LogP contribution is 2.20. The minimum Gasteiger partial charge on any atom is -0.127 e. The van der Waals surface area contributed by atoms with Gasteiger partial charge in [-0.1, -0.05) is 51.4 Å². The maximum absolute atomic E-state index is 6.22. The quantitative estimate of drug-likeness (QED) is 0.249. The van der Waals surface area contributed by atoms with E-state index in [-0.39, 0.29) is 10.8 Å². The second-order valence-electron chi connectivity index (χ2n) is 5.10. The summed E-state index contributed by atoms with van der Waals surface area (Å²) in [5, 5.41) is 0.403. The lowest BCUT2D eigenvalue weighted by Gasteiger charge is -2.13. The van der Waals surface area contributed by atoms with E-state index in [1.165, 1.54) is 57.8 Å². The smallest absolute Gasteiger partial charge is 0.0496 e. The standard InChI is InChI=1S/C14H29Cl3Si/c15-11-9-7-5-3-1-2-4-6-8-10-13(16)14(17)12-18/h13-14H,1-12H2,18H3. The normalized spacial score (nSPS) is 14.8. The summed E-state index contributed by atoms with van der Waals surface area (Å²) < 4.78 is 0. The molecule has 0 aromatic rings. The van der Waals surface area contributed by atoms with Crippen molar-refractivity contribution in [3.8, 4) is 0 Å². The Morgan fingerprint density at radius 2 is 1.11 bits per heavy atom. The Balaban J connectivity index is 3.11. The van der Waals surface area contributed by atoms with Crippen LogP contribution in [0.3, 0.4) is 0 Å². The highest BCUT2D eigenvalue weighted by Gasteiger charge is 2.13. The first-order valence-electron chi connectivity index (χ1n) is 7.56. The molecule has 0 aliphatic heterocycles. The van der Waals surface area contributed by atoms with Crippen LogP contribution in [0.4, 0.5) is 0 Å². The summed E-state index contributed by atoms with van der Waals surface area (Å²) >= 11 is 18.0. The molecule has 0 bridgehead atoms. The fraction of sp³-hybridized carbons (Fsp3) is 1.00. The molecule has 110 valence electrons. The third-order valence-electron chi connectivity index (χ3n) is 3.40. The van der Waals surface area contributed by atoms with Crippen LogP contribution >= 0.6 is 34.8 Å². The molecule has 0 aromatic carbocycles. The van der Waals surface area contributed by atoms with Gasteiger partial charge in [-0.05, 0) is 18.9 Å². The van der Waals surface area contributed by atoms with E-state index in [1.54, 1.807) is 0 Å². The van der Waals surface area contributed by atoms with Crippen LogP contribution in [0.1, 0.15) is 64.2 Å². The summed E-state index contributed by atoms with van der Waals surface area (Å²) in [6, 6.07) is 1.11. The number of halogens is 3. The molecule has 2 atom stereocenters. The fourth-order valence-corrected chi connectivity index (χ4v) is 3.62. The van der Waals surface area contributed by atoms with E-state index < -0.39 is 0 Å². The SMILES string of the molecule is [SiH3]CC(Cl)C(Cl)CCCCCCCCCCCCl. The van der Waals surface area contributed by atoms with Gasteiger partial charge in [0.2, 0.25) is 0 Å². The molecule has 0 aliphatic rings. The highest BCUT2D eigenvalue weighted by molar-refractivity contribution is 6.32. The van der Waals surface area contributed by atoms with Gasteiger partial charge in [-0.3, -0.25) is 0 Å². The van der Waals surface area contributed by atoms with Gasteiger partial charge >= 0.3 is 0 Å². The number of hydrogen-bond donors (Lipinski definition) is 0. The number of hydrogen-bond acceptors (Lipinski definition) is 0. The first-order chi connectivity index (χ1) is 8.72. The number of alkyl halides is 3. The average molecular weight is 332 g/mol. The first-order valence-corrected chi connectivity index (χ1v) is 10.4. The molecule has 0 saturated carbocycles. The van der Waals surface area contributed by atoms with Crippen molar-refractivity contribution in [2.24, 2.45) is 0 Å². The minimum atomic E-state index is 0.194. The molecule has 0 aliphatic carbocycles. The van der Waals surface area contributed by atoms with Crippen LogP contribution in [0.5, 0.6) is 0 Å². The third-order valence-corrected chi connectivity index (χ3v) is 6.32. The summed E-state index contributed by atoms with van der Waals surface area (Å²) in [4.78, 5) is 0. The van der Waals surface area contributed by atoms with Crippen LogP contribution in [-0.2, 0) is 0 Å². The van der Waals surface area contributed by atoms with E-state index in [2.05, 4.69) is 0 Å². The van der Waals surface area contributed by atoms with Gasteiger partial charge in [0.1, 0.15) is 0 Å². The lowest BCUT2D eigenvalue weighted by atomic mass is 10.1. The first kappa shape index (κ1) is 19.1. The lowest BCUT2D eigenvalue weighted by molar-refractivity contribution is 0.550. The van der Waals surface area contributed by atoms with Gasteiger partial charge in [0.25, 0.3) is 0 Å². The van der Waals surface area contributed by atoms with Crippen LogP contribution in [0.15, 0.2) is 0 Å². The van der Waals surface area contributed by atoms with Crippen LogP contribution in [0, 0.1) is 0 Å². The van der Waals surface area contributed by atoms with E-state index in [0.29, 0.717) is 0 Å². The predicted molar refractivity (Wildman–Crippen MR) is 90.9 cm³/mol. The molecule has 0 heterocycles. The Kier molecular flexibility index (Phi) is 15.4. The van der Waals surface area contributed by atoms with Gasteiger partial charge in [0.05, 0.1) is 0 Å².